The number of hydrogen-bond acceptors (Lipinski definition) is 3. The first-order chi connectivity index (χ1) is 21.7. The first kappa shape index (κ1) is 26.5. The Kier molecular flexibility index (Phi) is 6.55. The fraction of sp³-hybridized carbons (Fsp3) is 0.0513. The zero-order valence-electron chi connectivity index (χ0n) is 24.0. The van der Waals surface area contributed by atoms with Gasteiger partial charge in [-0.15, -0.1) is 0 Å². The summed E-state index contributed by atoms with van der Waals surface area (Å²) in [5.41, 5.74) is 20.4. The molecule has 0 saturated heterocycles. The molecule has 6 aromatic carbocycles. The van der Waals surface area contributed by atoms with Crippen molar-refractivity contribution in [3.05, 3.63) is 156 Å². The van der Waals surface area contributed by atoms with Gasteiger partial charge in [-0.05, 0) is 51.2 Å². The van der Waals surface area contributed by atoms with E-state index < -0.39 is 0 Å². The molecule has 2 heterocycles. The first-order valence-corrected chi connectivity index (χ1v) is 15.6. The molecule has 0 fully saturated rings. The summed E-state index contributed by atoms with van der Waals surface area (Å²) in [7, 11) is 0. The molecule has 0 saturated carbocycles. The molecule has 0 aliphatic carbocycles. The van der Waals surface area contributed by atoms with Gasteiger partial charge in [-0.1, -0.05) is 139 Å². The van der Waals surface area contributed by atoms with E-state index in [1.165, 1.54) is 37.1 Å². The Morgan fingerprint density at radius 3 is 2.11 bits per heavy atom. The van der Waals surface area contributed by atoms with Gasteiger partial charge in [0.2, 0.25) is 5.96 Å². The Balaban J connectivity index is 1.32. The number of hydrogen-bond donors (Lipinski definition) is 2. The van der Waals surface area contributed by atoms with Crippen LogP contribution in [0.25, 0.3) is 44.7 Å². The lowest BCUT2D eigenvalue weighted by molar-refractivity contribution is 0.574. The predicted octanol–water partition coefficient (Wildman–Crippen LogP) is 9.19. The maximum Gasteiger partial charge on any atom is 0.201 e. The van der Waals surface area contributed by atoms with E-state index in [0.29, 0.717) is 5.96 Å². The van der Waals surface area contributed by atoms with Crippen LogP contribution in [0.1, 0.15) is 34.3 Å². The highest BCUT2D eigenvalue weighted by Gasteiger charge is 2.24. The second kappa shape index (κ2) is 10.9. The second-order valence-corrected chi connectivity index (χ2v) is 12.2. The summed E-state index contributed by atoms with van der Waals surface area (Å²) >= 11 is 1.83. The molecule has 8 rings (SSSR count). The topological polar surface area (TPSA) is 69.3 Å². The summed E-state index contributed by atoms with van der Waals surface area (Å²) in [5.74, 6) is 0.413. The predicted molar refractivity (Wildman–Crippen MR) is 186 cm³/mol. The Morgan fingerprint density at radius 2 is 1.32 bits per heavy atom. The number of nitrogens with zero attached hydrogens (tertiary/aromatic N) is 2. The summed E-state index contributed by atoms with van der Waals surface area (Å²) in [6.07, 6.45) is 4.50. The van der Waals surface area contributed by atoms with Crippen LogP contribution in [-0.4, -0.2) is 10.5 Å². The lowest BCUT2D eigenvalue weighted by atomic mass is 9.94. The van der Waals surface area contributed by atoms with Crippen LogP contribution < -0.4 is 11.5 Å². The Hall–Kier alpha value is -5.10. The quantitative estimate of drug-likeness (QED) is 0.160. The lowest BCUT2D eigenvalue weighted by Crippen LogP contribution is -2.26. The van der Waals surface area contributed by atoms with E-state index in [2.05, 4.69) is 102 Å². The minimum atomic E-state index is -0.367. The molecule has 2 atom stereocenters. The molecule has 0 radical (unpaired) electrons. The van der Waals surface area contributed by atoms with E-state index in [1.807, 2.05) is 60.3 Å². The number of nitrogens with two attached hydrogens (primary N) is 2. The maximum absolute atomic E-state index is 7.00. The van der Waals surface area contributed by atoms with Gasteiger partial charge < -0.3 is 11.5 Å². The molecular weight excluding hydrogens is 557 g/mol. The number of fused-ring (bicyclic) bond motifs is 8. The van der Waals surface area contributed by atoms with Crippen molar-refractivity contribution in [2.45, 2.75) is 21.9 Å². The van der Waals surface area contributed by atoms with E-state index in [0.717, 1.165) is 27.5 Å². The van der Waals surface area contributed by atoms with Gasteiger partial charge in [0.1, 0.15) is 0 Å². The fourth-order valence-corrected chi connectivity index (χ4v) is 7.61. The van der Waals surface area contributed by atoms with Crippen molar-refractivity contribution in [3.8, 4) is 0 Å². The van der Waals surface area contributed by atoms with E-state index in [1.54, 1.807) is 0 Å². The molecule has 4 nitrogen and oxygen atoms in total. The number of aromatic nitrogens is 1. The molecule has 212 valence electrons. The Morgan fingerprint density at radius 1 is 0.636 bits per heavy atom. The van der Waals surface area contributed by atoms with Crippen LogP contribution in [0.4, 0.5) is 0 Å². The molecule has 1 unspecified atom stereocenters. The van der Waals surface area contributed by atoms with Gasteiger partial charge >= 0.3 is 0 Å². The van der Waals surface area contributed by atoms with E-state index in [4.69, 9.17) is 16.5 Å². The van der Waals surface area contributed by atoms with E-state index in [9.17, 15) is 0 Å². The van der Waals surface area contributed by atoms with Crippen LogP contribution in [-0.2, 0) is 0 Å². The fourth-order valence-electron chi connectivity index (χ4n) is 6.43. The summed E-state index contributed by atoms with van der Waals surface area (Å²) in [4.78, 5) is 7.67. The van der Waals surface area contributed by atoms with Gasteiger partial charge in [0.05, 0.1) is 23.1 Å². The number of para-hydroxylation sites is 1. The number of aliphatic imine (C=N–C) groups is 1. The molecular formula is C39H30N4S. The third kappa shape index (κ3) is 4.41. The van der Waals surface area contributed by atoms with Gasteiger partial charge in [-0.2, -0.15) is 0 Å². The smallest absolute Gasteiger partial charge is 0.201 e. The molecule has 1 aliphatic rings. The van der Waals surface area contributed by atoms with Crippen molar-refractivity contribution in [1.82, 2.24) is 4.57 Å². The SMILES string of the molecule is NC(=N[C@@H](c1ccccc1)C(N)c1ccccc1)n1c2ccccc2c2c3c(ccc21)Sc1c(ccc2ccccc12)C=C3. The molecule has 0 spiro atoms. The van der Waals surface area contributed by atoms with Crippen LogP contribution in [0.2, 0.25) is 0 Å². The summed E-state index contributed by atoms with van der Waals surface area (Å²) in [6, 6.07) is 45.4. The minimum absolute atomic E-state index is 0.367. The van der Waals surface area contributed by atoms with Gasteiger partial charge in [0, 0.05) is 20.6 Å². The minimum Gasteiger partial charge on any atom is -0.369 e. The third-order valence-electron chi connectivity index (χ3n) is 8.56. The zero-order chi connectivity index (χ0) is 29.6. The zero-order valence-corrected chi connectivity index (χ0v) is 24.8. The largest absolute Gasteiger partial charge is 0.369 e. The second-order valence-electron chi connectivity index (χ2n) is 11.1. The van der Waals surface area contributed by atoms with Gasteiger partial charge in [0.25, 0.3) is 0 Å². The maximum atomic E-state index is 7.00. The van der Waals surface area contributed by atoms with Crippen molar-refractivity contribution in [1.29, 1.82) is 0 Å². The molecule has 44 heavy (non-hydrogen) atoms. The summed E-state index contributed by atoms with van der Waals surface area (Å²) < 4.78 is 2.09. The van der Waals surface area contributed by atoms with Crippen LogP contribution in [0.3, 0.4) is 0 Å². The molecule has 0 amide bonds. The monoisotopic (exact) mass is 586 g/mol. The molecule has 4 N–H and O–H groups in total. The molecule has 1 aromatic heterocycles. The first-order valence-electron chi connectivity index (χ1n) is 14.8. The number of rotatable bonds is 4. The standard InChI is InChI=1S/C39H30N4S/c40-36(26-12-3-1-4-13-26)37(27-14-5-2-6-15-27)42-39(41)43-32-18-10-9-17-30(32)35-31-22-21-28-20-19-25-11-7-8-16-29(25)38(28)44-34(31)24-23-33(35)43/h1-24,36-37H,40H2,(H2,41,42)/t36?,37-/m0/s1. The van der Waals surface area contributed by atoms with Gasteiger partial charge in [-0.3, -0.25) is 4.57 Å². The van der Waals surface area contributed by atoms with Crippen LogP contribution in [0.5, 0.6) is 0 Å². The normalized spacial score (nSPS) is 14.3. The molecule has 7 aromatic rings. The van der Waals surface area contributed by atoms with Crippen molar-refractivity contribution in [2.24, 2.45) is 16.5 Å². The van der Waals surface area contributed by atoms with Crippen molar-refractivity contribution in [2.75, 3.05) is 0 Å². The Labute approximate surface area is 260 Å². The van der Waals surface area contributed by atoms with E-state index >= 15 is 0 Å². The molecule has 1 aliphatic heterocycles. The molecule has 5 heteroatoms. The third-order valence-corrected chi connectivity index (χ3v) is 9.79. The highest BCUT2D eigenvalue weighted by Crippen LogP contribution is 2.45. The lowest BCUT2D eigenvalue weighted by Gasteiger charge is -2.22. The van der Waals surface area contributed by atoms with Gasteiger partial charge in [0.15, 0.2) is 0 Å². The van der Waals surface area contributed by atoms with Gasteiger partial charge in [-0.25, -0.2) is 4.99 Å². The highest BCUT2D eigenvalue weighted by molar-refractivity contribution is 7.99. The number of benzene rings is 6. The molecule has 0 bridgehead atoms. The van der Waals surface area contributed by atoms with Crippen LogP contribution >= 0.6 is 11.8 Å². The van der Waals surface area contributed by atoms with Crippen molar-refractivity contribution in [3.63, 3.8) is 0 Å². The van der Waals surface area contributed by atoms with Crippen molar-refractivity contribution < 1.29 is 0 Å². The average Bonchev–Trinajstić information content (AvgIpc) is 3.29. The van der Waals surface area contributed by atoms with Crippen LogP contribution in [0.15, 0.2) is 148 Å². The summed E-state index contributed by atoms with van der Waals surface area (Å²) in [5, 5.41) is 4.83. The highest BCUT2D eigenvalue weighted by atomic mass is 32.2. The Bertz CT molecular complexity index is 2230. The summed E-state index contributed by atoms with van der Waals surface area (Å²) in [6.45, 7) is 0. The van der Waals surface area contributed by atoms with E-state index in [-0.39, 0.29) is 12.1 Å². The van der Waals surface area contributed by atoms with Crippen molar-refractivity contribution >= 4 is 62.5 Å². The van der Waals surface area contributed by atoms with Crippen LogP contribution in [0, 0.1) is 0 Å². The average molecular weight is 587 g/mol.